The fraction of sp³-hybridized carbons (Fsp3) is 0.481. The van der Waals surface area contributed by atoms with E-state index in [1.165, 1.54) is 120 Å². The molecule has 0 amide bonds. The van der Waals surface area contributed by atoms with Crippen LogP contribution in [0.2, 0.25) is 13.1 Å². The predicted octanol–water partition coefficient (Wildman–Crippen LogP) is 17.5. The van der Waals surface area contributed by atoms with E-state index < -0.39 is 21.5 Å². The fourth-order valence-electron chi connectivity index (χ4n) is 11.8. The molecule has 4 aliphatic rings. The second kappa shape index (κ2) is 17.8. The average Bonchev–Trinajstić information content (AvgIpc) is 3.83. The summed E-state index contributed by atoms with van der Waals surface area (Å²) in [6, 6.07) is 33.2. The van der Waals surface area contributed by atoms with Crippen molar-refractivity contribution in [1.82, 2.24) is 0 Å². The van der Waals surface area contributed by atoms with E-state index in [0.29, 0.717) is 11.8 Å². The molecule has 4 aromatic rings. The summed E-state index contributed by atoms with van der Waals surface area (Å²) in [4.78, 5) is 0. The maximum absolute atomic E-state index is 9.12. The van der Waals surface area contributed by atoms with Crippen LogP contribution in [0.25, 0.3) is 34.4 Å². The molecule has 0 radical (unpaired) electrons. The average molecular weight is 908 g/mol. The van der Waals surface area contributed by atoms with Crippen molar-refractivity contribution in [2.45, 2.75) is 150 Å². The number of benzene rings is 4. The molecule has 4 unspecified atom stereocenters. The molecule has 0 heterocycles. The number of fused-ring (bicyclic) bond motifs is 2. The summed E-state index contributed by atoms with van der Waals surface area (Å²) in [6.45, 7) is 14.4. The molecule has 0 bridgehead atoms. The number of hydrogen-bond acceptors (Lipinski definition) is 0. The summed E-state index contributed by atoms with van der Waals surface area (Å²) in [6.07, 6.45) is 23.3. The Hall–Kier alpha value is -1.96. The van der Waals surface area contributed by atoms with E-state index in [2.05, 4.69) is 138 Å². The molecule has 0 aromatic heterocycles. The Balaban J connectivity index is 1.30. The maximum atomic E-state index is 9.12. The molecule has 0 saturated heterocycles. The third kappa shape index (κ3) is 7.98. The van der Waals surface area contributed by atoms with Gasteiger partial charge < -0.3 is 0 Å². The van der Waals surface area contributed by atoms with Gasteiger partial charge >= 0.3 is 364 Å². The Morgan fingerprint density at radius 2 is 0.931 bits per heavy atom. The minimum absolute atomic E-state index is 0.136. The van der Waals surface area contributed by atoms with Crippen molar-refractivity contribution in [3.05, 3.63) is 129 Å². The Kier molecular flexibility index (Phi) is 13.1. The zero-order chi connectivity index (χ0) is 40.6. The molecule has 0 nitrogen and oxygen atoms in total. The van der Waals surface area contributed by atoms with Gasteiger partial charge in [0, 0.05) is 0 Å². The summed E-state index contributed by atoms with van der Waals surface area (Å²) in [5, 5.41) is 0. The normalized spacial score (nSPS) is 21.8. The molecule has 8 rings (SSSR count). The summed E-state index contributed by atoms with van der Waals surface area (Å²) in [5.41, 5.74) is 17.0. The van der Waals surface area contributed by atoms with Gasteiger partial charge in [-0.05, 0) is 0 Å². The van der Waals surface area contributed by atoms with Crippen molar-refractivity contribution in [3.63, 3.8) is 0 Å². The summed E-state index contributed by atoms with van der Waals surface area (Å²) in [5.74, 6) is 0.870. The van der Waals surface area contributed by atoms with Gasteiger partial charge in [-0.2, -0.15) is 0 Å². The van der Waals surface area contributed by atoms with E-state index in [-0.39, 0.29) is 7.25 Å². The molecule has 0 aliphatic heterocycles. The second-order valence-electron chi connectivity index (χ2n) is 19.6. The SMILES string of the molecule is CCC(C)c1ccc(-c2cccc3c2C=C(CC2CCCCC2)[CH]3[Zr]([Cl])([Cl])([CH]2C(CC3CCCCC3)=Cc3c(-c4ccc(C(C)CC)cc4)cccc32)[SiH](C)C)cc1. The molecule has 4 atom stereocenters. The molecular weight excluding hydrogens is 839 g/mol. The summed E-state index contributed by atoms with van der Waals surface area (Å²) in [7, 11) is 18.2. The number of halogens is 2. The Morgan fingerprint density at radius 3 is 1.28 bits per heavy atom. The number of rotatable bonds is 13. The van der Waals surface area contributed by atoms with Gasteiger partial charge in [0.15, 0.2) is 0 Å². The van der Waals surface area contributed by atoms with Gasteiger partial charge in [0.25, 0.3) is 0 Å². The molecule has 2 fully saturated rings. The molecule has 2 saturated carbocycles. The molecule has 4 heteroatoms. The molecule has 58 heavy (non-hydrogen) atoms. The Labute approximate surface area is 361 Å². The third-order valence-electron chi connectivity index (χ3n) is 15.8. The van der Waals surface area contributed by atoms with Crippen LogP contribution in [0.15, 0.2) is 96.1 Å². The van der Waals surface area contributed by atoms with Crippen molar-refractivity contribution in [1.29, 1.82) is 0 Å². The van der Waals surface area contributed by atoms with Gasteiger partial charge in [-0.1, -0.05) is 0 Å². The molecule has 0 spiro atoms. The van der Waals surface area contributed by atoms with Crippen LogP contribution < -0.4 is 0 Å². The van der Waals surface area contributed by atoms with E-state index in [1.807, 2.05) is 0 Å². The fourth-order valence-corrected chi connectivity index (χ4v) is 43.2. The van der Waals surface area contributed by atoms with Crippen LogP contribution in [0.1, 0.15) is 170 Å². The quantitative estimate of drug-likeness (QED) is 0.117. The van der Waals surface area contributed by atoms with Gasteiger partial charge in [0.2, 0.25) is 0 Å². The Bertz CT molecular complexity index is 1980. The van der Waals surface area contributed by atoms with Gasteiger partial charge in [-0.25, -0.2) is 0 Å². The van der Waals surface area contributed by atoms with Crippen molar-refractivity contribution in [3.8, 4) is 22.3 Å². The second-order valence-corrected chi connectivity index (χ2v) is 62.1. The van der Waals surface area contributed by atoms with Gasteiger partial charge in [-0.15, -0.1) is 0 Å². The van der Waals surface area contributed by atoms with Crippen molar-refractivity contribution in [2.24, 2.45) is 11.8 Å². The van der Waals surface area contributed by atoms with Crippen molar-refractivity contribution in [2.75, 3.05) is 0 Å². The first-order valence-corrected chi connectivity index (χ1v) is 39.8. The van der Waals surface area contributed by atoms with Gasteiger partial charge in [-0.3, -0.25) is 0 Å². The monoisotopic (exact) mass is 905 g/mol. The molecule has 4 aromatic carbocycles. The van der Waals surface area contributed by atoms with Gasteiger partial charge in [0.1, 0.15) is 0 Å². The first kappa shape index (κ1) is 42.7. The van der Waals surface area contributed by atoms with Crippen molar-refractivity contribution >= 4 is 35.1 Å². The standard InChI is InChI=1S/2C26H31.C2H7Si.2ClH.Zr/c2*1-3-19(2)22-12-14-23(15-13-22)25-11-7-10-24-17-21(18-26(24)25)16-20-8-5-4-6-9-20;1-3-2;;;/h2*7,10-15,17-20H,3-6,8-9,16H2,1-2H3;3H,1-2H3;2*1H;/q;;;;;+2/p-2. The van der Waals surface area contributed by atoms with Crippen LogP contribution in [0.3, 0.4) is 0 Å². The van der Waals surface area contributed by atoms with E-state index in [4.69, 9.17) is 17.0 Å². The summed E-state index contributed by atoms with van der Waals surface area (Å²) < 4.78 is 0.272. The topological polar surface area (TPSA) is 0 Å². The van der Waals surface area contributed by atoms with Crippen LogP contribution in [-0.2, 0) is 15.6 Å². The third-order valence-corrected chi connectivity index (χ3v) is 67.7. The van der Waals surface area contributed by atoms with Crippen LogP contribution in [0.5, 0.6) is 0 Å². The summed E-state index contributed by atoms with van der Waals surface area (Å²) >= 11 is -4.99. The molecule has 0 N–H and O–H groups in total. The zero-order valence-electron chi connectivity index (χ0n) is 36.4. The van der Waals surface area contributed by atoms with Crippen LogP contribution in [0, 0.1) is 11.8 Å². The van der Waals surface area contributed by atoms with Crippen molar-refractivity contribution < 1.29 is 15.6 Å². The number of hydrogen-bond donors (Lipinski definition) is 0. The number of allylic oxidation sites excluding steroid dienone is 2. The first-order valence-electron chi connectivity index (χ1n) is 23.5. The minimum atomic E-state index is -4.99. The van der Waals surface area contributed by atoms with E-state index >= 15 is 0 Å². The predicted molar refractivity (Wildman–Crippen MR) is 256 cm³/mol. The van der Waals surface area contributed by atoms with E-state index in [1.54, 1.807) is 11.1 Å². The van der Waals surface area contributed by atoms with Crippen LogP contribution in [-0.4, -0.2) is 5.92 Å². The molecular formula is C54H69Cl2SiZr. The zero-order valence-corrected chi connectivity index (χ0v) is 41.6. The molecule has 307 valence electrons. The van der Waals surface area contributed by atoms with Crippen LogP contribution in [0.4, 0.5) is 0 Å². The van der Waals surface area contributed by atoms with Gasteiger partial charge in [0.05, 0.1) is 0 Å². The Morgan fingerprint density at radius 1 is 0.552 bits per heavy atom. The van der Waals surface area contributed by atoms with Crippen LogP contribution >= 0.6 is 17.0 Å². The first-order chi connectivity index (χ1) is 28.0. The van der Waals surface area contributed by atoms with E-state index in [0.717, 1.165) is 37.5 Å². The van der Waals surface area contributed by atoms with E-state index in [9.17, 15) is 0 Å². The molecule has 4 aliphatic carbocycles.